The van der Waals surface area contributed by atoms with E-state index in [1.807, 2.05) is 0 Å². The van der Waals surface area contributed by atoms with Crippen LogP contribution in [0.2, 0.25) is 0 Å². The lowest BCUT2D eigenvalue weighted by Crippen LogP contribution is -2.14. The highest BCUT2D eigenvalue weighted by Crippen LogP contribution is 2.38. The van der Waals surface area contributed by atoms with Crippen LogP contribution in [0.15, 0.2) is 24.3 Å². The summed E-state index contributed by atoms with van der Waals surface area (Å²) >= 11 is 0. The van der Waals surface area contributed by atoms with E-state index in [1.54, 1.807) is 13.0 Å². The van der Waals surface area contributed by atoms with Crippen LogP contribution in [0.25, 0.3) is 0 Å². The van der Waals surface area contributed by atoms with Gasteiger partial charge in [-0.3, -0.25) is 0 Å². The zero-order chi connectivity index (χ0) is 21.0. The summed E-state index contributed by atoms with van der Waals surface area (Å²) < 4.78 is 61.3. The van der Waals surface area contributed by atoms with Crippen molar-refractivity contribution in [2.24, 2.45) is 5.92 Å². The van der Waals surface area contributed by atoms with Crippen molar-refractivity contribution >= 4 is 0 Å². The molecular formula is C23H22F4O2. The largest absolute Gasteiger partial charge is 0.491 e. The van der Waals surface area contributed by atoms with Crippen LogP contribution in [0.4, 0.5) is 17.6 Å². The molecule has 0 amide bonds. The van der Waals surface area contributed by atoms with Crippen LogP contribution in [0.3, 0.4) is 0 Å². The van der Waals surface area contributed by atoms with Crippen molar-refractivity contribution in [3.63, 3.8) is 0 Å². The number of benzene rings is 2. The third-order valence-corrected chi connectivity index (χ3v) is 5.29. The molecule has 1 N–H and O–H groups in total. The molecule has 154 valence electrons. The molecule has 0 atom stereocenters. The fourth-order valence-corrected chi connectivity index (χ4v) is 3.67. The SMILES string of the molecule is CCOc1ccc(C2CCC(C#Cc3ccc(CO)c(F)c3F)CC2)c(F)c1F. The zero-order valence-electron chi connectivity index (χ0n) is 16.1. The summed E-state index contributed by atoms with van der Waals surface area (Å²) in [5.74, 6) is 1.42. The molecule has 1 fully saturated rings. The summed E-state index contributed by atoms with van der Waals surface area (Å²) in [6.45, 7) is 1.38. The first kappa shape index (κ1) is 21.2. The van der Waals surface area contributed by atoms with Crippen molar-refractivity contribution in [2.75, 3.05) is 6.61 Å². The van der Waals surface area contributed by atoms with E-state index in [1.165, 1.54) is 18.2 Å². The van der Waals surface area contributed by atoms with Gasteiger partial charge >= 0.3 is 0 Å². The normalized spacial score (nSPS) is 18.8. The molecule has 0 aliphatic heterocycles. The molecule has 0 aromatic heterocycles. The summed E-state index contributed by atoms with van der Waals surface area (Å²) in [6, 6.07) is 5.68. The summed E-state index contributed by atoms with van der Waals surface area (Å²) in [5, 5.41) is 8.97. The van der Waals surface area contributed by atoms with E-state index in [-0.39, 0.29) is 35.3 Å². The van der Waals surface area contributed by atoms with Gasteiger partial charge in [0.05, 0.1) is 18.8 Å². The molecule has 0 heterocycles. The molecule has 0 radical (unpaired) electrons. The van der Waals surface area contributed by atoms with E-state index in [0.717, 1.165) is 0 Å². The number of rotatable bonds is 4. The monoisotopic (exact) mass is 406 g/mol. The smallest absolute Gasteiger partial charge is 0.200 e. The number of ether oxygens (including phenoxy) is 1. The minimum atomic E-state index is -1.09. The van der Waals surface area contributed by atoms with Gasteiger partial charge in [0, 0.05) is 11.5 Å². The van der Waals surface area contributed by atoms with Crippen LogP contribution in [0.1, 0.15) is 55.2 Å². The molecule has 0 unspecified atom stereocenters. The standard InChI is InChI=1S/C23H22F4O2/c1-2-29-19-12-11-18(22(26)23(19)27)15-6-3-14(4-7-15)5-8-16-9-10-17(13-28)21(25)20(16)24/h9-12,14-15,28H,2-4,6-7,13H2,1H3. The fraction of sp³-hybridized carbons (Fsp3) is 0.391. The van der Waals surface area contributed by atoms with E-state index in [2.05, 4.69) is 11.8 Å². The summed E-state index contributed by atoms with van der Waals surface area (Å²) in [4.78, 5) is 0. The second-order valence-corrected chi connectivity index (χ2v) is 7.09. The Kier molecular flexibility index (Phi) is 6.81. The third kappa shape index (κ3) is 4.56. The number of aliphatic hydroxyl groups excluding tert-OH is 1. The first-order valence-corrected chi connectivity index (χ1v) is 9.66. The highest BCUT2D eigenvalue weighted by Gasteiger charge is 2.26. The number of aliphatic hydroxyl groups is 1. The van der Waals surface area contributed by atoms with Crippen LogP contribution in [0.5, 0.6) is 5.75 Å². The van der Waals surface area contributed by atoms with Gasteiger partial charge in [-0.2, -0.15) is 4.39 Å². The number of hydrogen-bond acceptors (Lipinski definition) is 2. The maximum Gasteiger partial charge on any atom is 0.200 e. The van der Waals surface area contributed by atoms with Crippen molar-refractivity contribution in [3.8, 4) is 17.6 Å². The maximum atomic E-state index is 14.4. The molecule has 1 aliphatic carbocycles. The summed E-state index contributed by atoms with van der Waals surface area (Å²) in [5.41, 5.74) is 0.171. The Morgan fingerprint density at radius 1 is 0.931 bits per heavy atom. The molecule has 29 heavy (non-hydrogen) atoms. The molecule has 1 aliphatic rings. The van der Waals surface area contributed by atoms with Crippen LogP contribution in [-0.4, -0.2) is 11.7 Å². The zero-order valence-corrected chi connectivity index (χ0v) is 16.1. The van der Waals surface area contributed by atoms with Crippen molar-refractivity contribution < 1.29 is 27.4 Å². The van der Waals surface area contributed by atoms with Gasteiger partial charge < -0.3 is 9.84 Å². The molecule has 2 aromatic rings. The maximum absolute atomic E-state index is 14.4. The van der Waals surface area contributed by atoms with Gasteiger partial charge in [-0.05, 0) is 56.2 Å². The molecule has 0 bridgehead atoms. The van der Waals surface area contributed by atoms with Crippen LogP contribution in [0, 0.1) is 41.0 Å². The van der Waals surface area contributed by atoms with Gasteiger partial charge in [-0.25, -0.2) is 13.2 Å². The lowest BCUT2D eigenvalue weighted by Gasteiger charge is -2.26. The van der Waals surface area contributed by atoms with Gasteiger partial charge in [0.2, 0.25) is 5.82 Å². The Bertz CT molecular complexity index is 938. The molecule has 0 spiro atoms. The molecule has 3 rings (SSSR count). The van der Waals surface area contributed by atoms with Crippen LogP contribution in [-0.2, 0) is 6.61 Å². The Hall–Kier alpha value is -2.52. The van der Waals surface area contributed by atoms with Crippen molar-refractivity contribution in [1.29, 1.82) is 0 Å². The Morgan fingerprint density at radius 2 is 1.66 bits per heavy atom. The van der Waals surface area contributed by atoms with E-state index in [0.29, 0.717) is 31.2 Å². The highest BCUT2D eigenvalue weighted by molar-refractivity contribution is 5.39. The van der Waals surface area contributed by atoms with E-state index < -0.39 is 29.9 Å². The van der Waals surface area contributed by atoms with E-state index in [9.17, 15) is 17.6 Å². The highest BCUT2D eigenvalue weighted by atomic mass is 19.2. The Morgan fingerprint density at radius 3 is 2.31 bits per heavy atom. The molecule has 2 nitrogen and oxygen atoms in total. The lowest BCUT2D eigenvalue weighted by molar-refractivity contribution is 0.273. The summed E-state index contributed by atoms with van der Waals surface area (Å²) in [6.07, 6.45) is 2.57. The summed E-state index contributed by atoms with van der Waals surface area (Å²) in [7, 11) is 0. The van der Waals surface area contributed by atoms with Gasteiger partial charge in [0.1, 0.15) is 0 Å². The molecule has 0 saturated heterocycles. The lowest BCUT2D eigenvalue weighted by atomic mass is 9.78. The number of halogens is 4. The Labute approximate surface area is 167 Å². The van der Waals surface area contributed by atoms with E-state index >= 15 is 0 Å². The molecule has 1 saturated carbocycles. The van der Waals surface area contributed by atoms with Crippen LogP contribution >= 0.6 is 0 Å². The third-order valence-electron chi connectivity index (χ3n) is 5.29. The predicted molar refractivity (Wildman–Crippen MR) is 101 cm³/mol. The van der Waals surface area contributed by atoms with Crippen molar-refractivity contribution in [2.45, 2.75) is 45.1 Å². The van der Waals surface area contributed by atoms with Crippen LogP contribution < -0.4 is 4.74 Å². The average molecular weight is 406 g/mol. The minimum absolute atomic E-state index is 0.0261. The van der Waals surface area contributed by atoms with E-state index in [4.69, 9.17) is 9.84 Å². The fourth-order valence-electron chi connectivity index (χ4n) is 3.67. The number of hydrogen-bond donors (Lipinski definition) is 1. The first-order chi connectivity index (χ1) is 14.0. The topological polar surface area (TPSA) is 29.5 Å². The second-order valence-electron chi connectivity index (χ2n) is 7.09. The first-order valence-electron chi connectivity index (χ1n) is 9.66. The molecule has 6 heteroatoms. The second kappa shape index (κ2) is 9.32. The van der Waals surface area contributed by atoms with Gasteiger partial charge in [-0.1, -0.05) is 24.0 Å². The van der Waals surface area contributed by atoms with Crippen molar-refractivity contribution in [1.82, 2.24) is 0 Å². The predicted octanol–water partition coefficient (Wildman–Crippen LogP) is 5.46. The Balaban J connectivity index is 1.67. The van der Waals surface area contributed by atoms with Crippen molar-refractivity contribution in [3.05, 3.63) is 64.2 Å². The minimum Gasteiger partial charge on any atom is -0.491 e. The average Bonchev–Trinajstić information content (AvgIpc) is 2.73. The van der Waals surface area contributed by atoms with Gasteiger partial charge in [0.15, 0.2) is 23.2 Å². The quantitative estimate of drug-likeness (QED) is 0.540. The molecular weight excluding hydrogens is 384 g/mol. The van der Waals surface area contributed by atoms with Gasteiger partial charge in [0.25, 0.3) is 0 Å². The molecule has 2 aromatic carbocycles. The van der Waals surface area contributed by atoms with Gasteiger partial charge in [-0.15, -0.1) is 0 Å².